The molecule has 2 aliphatic heterocycles. The highest BCUT2D eigenvalue weighted by Crippen LogP contribution is 2.40. The molecule has 0 unspecified atom stereocenters. The minimum Gasteiger partial charge on any atom is -0.395 e. The Morgan fingerprint density at radius 2 is 1.71 bits per heavy atom. The van der Waals surface area contributed by atoms with Gasteiger partial charge in [0.2, 0.25) is 0 Å². The normalized spacial score (nSPS) is 31.0. The third-order valence-corrected chi connectivity index (χ3v) is 4.71. The van der Waals surface area contributed by atoms with Crippen LogP contribution in [0.15, 0.2) is 63.3 Å². The summed E-state index contributed by atoms with van der Waals surface area (Å²) in [7, 11) is 0. The molecule has 0 aromatic heterocycles. The zero-order chi connectivity index (χ0) is 23.5. The number of nitrogens with zero attached hydrogens (tertiary/aromatic N) is 3. The molecule has 2 heterocycles. The Bertz CT molecular complexity index is 1050. The second kappa shape index (κ2) is 6.97. The first-order valence-electron chi connectivity index (χ1n) is 11.5. The summed E-state index contributed by atoms with van der Waals surface area (Å²) in [4.78, 5) is 6.83. The van der Waals surface area contributed by atoms with Gasteiger partial charge in [-0.15, -0.1) is 0 Å². The molecule has 0 aliphatic carbocycles. The van der Waals surface area contributed by atoms with Crippen molar-refractivity contribution in [2.24, 2.45) is 4.99 Å². The molecule has 4 rings (SSSR count). The van der Waals surface area contributed by atoms with Crippen molar-refractivity contribution < 1.29 is 16.1 Å². The standard InChI is InChI=1S/C19H21N3OS/c23-14-13-21-9-11-22(12-10-21)19-15-5-1-3-7-17(15)24-18-8-4-2-6-16(18)20-19/h1-8,23H,9-14H2/i9D2,10D2,11D2,12D2. The minimum atomic E-state index is -3.05. The largest absolute Gasteiger partial charge is 0.395 e. The van der Waals surface area contributed by atoms with Crippen molar-refractivity contribution >= 4 is 23.3 Å². The van der Waals surface area contributed by atoms with Gasteiger partial charge in [-0.3, -0.25) is 4.90 Å². The van der Waals surface area contributed by atoms with Gasteiger partial charge in [-0.05, 0) is 18.2 Å². The van der Waals surface area contributed by atoms with Crippen molar-refractivity contribution in [3.63, 3.8) is 0 Å². The smallest absolute Gasteiger partial charge is 0.137 e. The molecule has 124 valence electrons. The number of amidine groups is 1. The Hall–Kier alpha value is -1.82. The topological polar surface area (TPSA) is 39.1 Å². The van der Waals surface area contributed by atoms with Crippen molar-refractivity contribution in [2.75, 3.05) is 39.1 Å². The molecule has 0 saturated carbocycles. The molecule has 24 heavy (non-hydrogen) atoms. The second-order valence-electron chi connectivity index (χ2n) is 5.16. The number of fused-ring (bicyclic) bond motifs is 2. The molecule has 2 aliphatic rings. The van der Waals surface area contributed by atoms with Gasteiger partial charge in [0.1, 0.15) is 5.84 Å². The van der Waals surface area contributed by atoms with Gasteiger partial charge in [0.25, 0.3) is 0 Å². The van der Waals surface area contributed by atoms with E-state index in [1.54, 1.807) is 36.4 Å². The monoisotopic (exact) mass is 347 g/mol. The third-order valence-electron chi connectivity index (χ3n) is 3.57. The summed E-state index contributed by atoms with van der Waals surface area (Å²) in [6, 6.07) is 13.9. The quantitative estimate of drug-likeness (QED) is 0.907. The summed E-state index contributed by atoms with van der Waals surface area (Å²) in [5.41, 5.74) is 0.804. The Balaban J connectivity index is 2.02. The number of benzene rings is 2. The van der Waals surface area contributed by atoms with E-state index < -0.39 is 39.1 Å². The molecule has 1 fully saturated rings. The fourth-order valence-corrected chi connectivity index (χ4v) is 3.45. The molecule has 0 radical (unpaired) electrons. The number of aliphatic imine (C=N–C) groups is 1. The summed E-state index contributed by atoms with van der Waals surface area (Å²) in [5, 5.41) is 9.35. The summed E-state index contributed by atoms with van der Waals surface area (Å²) in [5.74, 6) is -0.204. The lowest BCUT2D eigenvalue weighted by Crippen LogP contribution is -2.49. The van der Waals surface area contributed by atoms with Crippen LogP contribution in [0.5, 0.6) is 0 Å². The Morgan fingerprint density at radius 1 is 1.00 bits per heavy atom. The highest BCUT2D eigenvalue weighted by atomic mass is 32.2. The van der Waals surface area contributed by atoms with Crippen molar-refractivity contribution in [2.45, 2.75) is 9.79 Å². The first kappa shape index (κ1) is 9.04. The Labute approximate surface area is 158 Å². The Kier molecular flexibility index (Phi) is 2.62. The average molecular weight is 348 g/mol. The molecule has 1 saturated heterocycles. The molecule has 0 amide bonds. The highest BCUT2D eigenvalue weighted by Gasteiger charge is 2.24. The number of hydrogen-bond acceptors (Lipinski definition) is 5. The van der Waals surface area contributed by atoms with E-state index in [0.717, 1.165) is 4.90 Å². The lowest BCUT2D eigenvalue weighted by molar-refractivity contribution is 0.147. The van der Waals surface area contributed by atoms with Gasteiger partial charge in [-0.2, -0.15) is 0 Å². The van der Waals surface area contributed by atoms with Gasteiger partial charge in [0.15, 0.2) is 0 Å². The van der Waals surface area contributed by atoms with Crippen molar-refractivity contribution in [1.29, 1.82) is 0 Å². The van der Waals surface area contributed by atoms with Crippen LogP contribution in [0.1, 0.15) is 16.5 Å². The van der Waals surface area contributed by atoms with Crippen molar-refractivity contribution in [3.05, 3.63) is 54.1 Å². The first-order valence-corrected chi connectivity index (χ1v) is 8.33. The van der Waals surface area contributed by atoms with Gasteiger partial charge >= 0.3 is 0 Å². The van der Waals surface area contributed by atoms with Crippen LogP contribution in [0.4, 0.5) is 5.69 Å². The molecule has 0 spiro atoms. The molecule has 4 nitrogen and oxygen atoms in total. The lowest BCUT2D eigenvalue weighted by Gasteiger charge is -2.36. The van der Waals surface area contributed by atoms with Crippen LogP contribution in [0, 0.1) is 0 Å². The molecule has 0 bridgehead atoms. The SMILES string of the molecule is [2H]C1([2H])N(CCO)C([2H])([2H])C([2H])([2H])N(C2=Nc3ccccc3Sc3ccccc32)C1([2H])[2H]. The van der Waals surface area contributed by atoms with Gasteiger partial charge in [0.05, 0.1) is 17.8 Å². The summed E-state index contributed by atoms with van der Waals surface area (Å²) >= 11 is 1.36. The molecule has 5 heteroatoms. The van der Waals surface area contributed by atoms with Gasteiger partial charge in [-0.25, -0.2) is 4.99 Å². The molecule has 2 aromatic rings. The van der Waals surface area contributed by atoms with Crippen molar-refractivity contribution in [3.8, 4) is 0 Å². The number of piperazine rings is 1. The predicted octanol–water partition coefficient (Wildman–Crippen LogP) is 2.84. The van der Waals surface area contributed by atoms with Crippen LogP contribution in [0.3, 0.4) is 0 Å². The van der Waals surface area contributed by atoms with E-state index in [1.165, 1.54) is 11.8 Å². The third kappa shape index (κ3) is 3.07. The van der Waals surface area contributed by atoms with E-state index in [-0.39, 0.29) is 5.84 Å². The van der Waals surface area contributed by atoms with E-state index in [9.17, 15) is 5.11 Å². The number of aliphatic hydroxyl groups is 1. The highest BCUT2D eigenvalue weighted by molar-refractivity contribution is 7.99. The van der Waals surface area contributed by atoms with Crippen LogP contribution in [-0.2, 0) is 0 Å². The summed E-state index contributed by atoms with van der Waals surface area (Å²) in [6.07, 6.45) is 0. The van der Waals surface area contributed by atoms with Crippen molar-refractivity contribution in [1.82, 2.24) is 9.80 Å². The van der Waals surface area contributed by atoms with E-state index >= 15 is 0 Å². The maximum absolute atomic E-state index is 9.35. The number of rotatable bonds is 2. The van der Waals surface area contributed by atoms with E-state index in [1.807, 2.05) is 12.1 Å². The summed E-state index contributed by atoms with van der Waals surface area (Å²) in [6.45, 7) is -13.4. The van der Waals surface area contributed by atoms with Gasteiger partial charge in [-0.1, -0.05) is 42.1 Å². The predicted molar refractivity (Wildman–Crippen MR) is 98.3 cm³/mol. The zero-order valence-electron chi connectivity index (χ0n) is 20.7. The summed E-state index contributed by atoms with van der Waals surface area (Å²) < 4.78 is 68.5. The van der Waals surface area contributed by atoms with E-state index in [4.69, 9.17) is 11.0 Å². The number of para-hydroxylation sites is 1. The maximum atomic E-state index is 9.35. The van der Waals surface area contributed by atoms with Gasteiger partial charge < -0.3 is 10.0 Å². The minimum absolute atomic E-state index is 0.204. The van der Waals surface area contributed by atoms with Crippen LogP contribution in [0.2, 0.25) is 0 Å². The van der Waals surface area contributed by atoms with Crippen LogP contribution in [-0.4, -0.2) is 59.9 Å². The molecule has 1 N–H and O–H groups in total. The molecular weight excluding hydrogens is 318 g/mol. The number of β-amino-alcohol motifs (C(OH)–C–C–N with tert-alkyl or cyclic N) is 1. The second-order valence-corrected chi connectivity index (χ2v) is 6.24. The fraction of sp³-hybridized carbons (Fsp3) is 0.316. The lowest BCUT2D eigenvalue weighted by atomic mass is 10.1. The van der Waals surface area contributed by atoms with Crippen LogP contribution >= 0.6 is 11.8 Å². The van der Waals surface area contributed by atoms with E-state index in [0.29, 0.717) is 25.9 Å². The van der Waals surface area contributed by atoms with Crippen LogP contribution < -0.4 is 0 Å². The van der Waals surface area contributed by atoms with Gasteiger partial charge in [0, 0.05) is 53.4 Å². The number of hydrogen-bond donors (Lipinski definition) is 1. The fourth-order valence-electron chi connectivity index (χ4n) is 2.43. The molecular formula is C19H21N3OS. The Morgan fingerprint density at radius 3 is 2.50 bits per heavy atom. The first-order chi connectivity index (χ1) is 14.9. The number of aliphatic hydroxyl groups excluding tert-OH is 1. The maximum Gasteiger partial charge on any atom is 0.137 e. The molecule has 0 atom stereocenters. The zero-order valence-corrected chi connectivity index (χ0v) is 13.5. The van der Waals surface area contributed by atoms with E-state index in [2.05, 4.69) is 4.99 Å². The van der Waals surface area contributed by atoms with Crippen LogP contribution in [0.25, 0.3) is 0 Å². The molecule has 2 aromatic carbocycles. The average Bonchev–Trinajstić information content (AvgIpc) is 2.87.